The summed E-state index contributed by atoms with van der Waals surface area (Å²) >= 11 is 4.37. The molecule has 0 radical (unpaired) electrons. The zero-order valence-electron chi connectivity index (χ0n) is 2.77. The standard InChI is InChI=1S/C4H4S/c1-2-3-4-5/h3-4H,1H2. The highest BCUT2D eigenvalue weighted by atomic mass is 32.1. The summed E-state index contributed by atoms with van der Waals surface area (Å²) in [5.41, 5.74) is 2.48. The normalized spacial score (nSPS) is 4.80. The van der Waals surface area contributed by atoms with Crippen LogP contribution < -0.4 is 0 Å². The zero-order chi connectivity index (χ0) is 4.12. The van der Waals surface area contributed by atoms with E-state index in [-0.39, 0.29) is 0 Å². The first-order chi connectivity index (χ1) is 2.41. The van der Waals surface area contributed by atoms with Gasteiger partial charge in [-0.05, 0) is 6.08 Å². The van der Waals surface area contributed by atoms with Crippen molar-refractivity contribution in [1.82, 2.24) is 0 Å². The minimum atomic E-state index is 1.47. The summed E-state index contributed by atoms with van der Waals surface area (Å²) in [6.07, 6.45) is 1.58. The molecule has 0 N–H and O–H groups in total. The van der Waals surface area contributed by atoms with Gasteiger partial charge >= 0.3 is 0 Å². The molecule has 1 heteroatoms. The van der Waals surface area contributed by atoms with Gasteiger partial charge in [-0.2, -0.15) is 0 Å². The summed E-state index contributed by atoms with van der Waals surface area (Å²) in [7, 11) is 0. The van der Waals surface area contributed by atoms with Crippen molar-refractivity contribution in [2.75, 3.05) is 0 Å². The molecule has 0 aromatic rings. The van der Waals surface area contributed by atoms with E-state index >= 15 is 0 Å². The van der Waals surface area contributed by atoms with Crippen molar-refractivity contribution in [3.05, 3.63) is 18.4 Å². The quantitative estimate of drug-likeness (QED) is 0.262. The second kappa shape index (κ2) is 3.61. The summed E-state index contributed by atoms with van der Waals surface area (Å²) in [4.78, 5) is 0. The van der Waals surface area contributed by atoms with Gasteiger partial charge in [0, 0.05) is 5.37 Å². The van der Waals surface area contributed by atoms with Gasteiger partial charge in [0.15, 0.2) is 0 Å². The fourth-order valence-corrected chi connectivity index (χ4v) is 0.144. The van der Waals surface area contributed by atoms with Crippen molar-refractivity contribution in [3.63, 3.8) is 0 Å². The highest BCUT2D eigenvalue weighted by Gasteiger charge is 1.39. The summed E-state index contributed by atoms with van der Waals surface area (Å²) in [6.45, 7) is 3.27. The lowest BCUT2D eigenvalue weighted by Crippen LogP contribution is -1.40. The largest absolute Gasteiger partial charge is 0.128 e. The molecule has 0 atom stereocenters. The fourth-order valence-electron chi connectivity index (χ4n) is 0.0481. The van der Waals surface area contributed by atoms with Crippen LogP contribution >= 0.6 is 12.2 Å². The number of allylic oxidation sites excluding steroid dienone is 1. The van der Waals surface area contributed by atoms with Crippen LogP contribution in [-0.2, 0) is 0 Å². The van der Waals surface area contributed by atoms with Crippen molar-refractivity contribution in [3.8, 4) is 0 Å². The first-order valence-electron chi connectivity index (χ1n) is 1.21. The van der Waals surface area contributed by atoms with E-state index in [2.05, 4.69) is 24.5 Å². The molecule has 0 unspecified atom stereocenters. The summed E-state index contributed by atoms with van der Waals surface area (Å²) in [5, 5.41) is 1.47. The second-order valence-corrected chi connectivity index (χ2v) is 0.779. The predicted molar refractivity (Wildman–Crippen MR) is 27.4 cm³/mol. The molecule has 0 aromatic heterocycles. The molecule has 0 bridgehead atoms. The Bertz CT molecular complexity index is 67.7. The lowest BCUT2D eigenvalue weighted by Gasteiger charge is -1.45. The van der Waals surface area contributed by atoms with Crippen LogP contribution in [0.4, 0.5) is 0 Å². The molecule has 0 spiro atoms. The maximum Gasteiger partial charge on any atom is 0.00905 e. The Balaban J connectivity index is 3.31. The van der Waals surface area contributed by atoms with E-state index < -0.39 is 0 Å². The molecule has 0 aliphatic heterocycles. The summed E-state index contributed by atoms with van der Waals surface area (Å²) in [6, 6.07) is 0. The SMILES string of the molecule is C=C=CC=S. The van der Waals surface area contributed by atoms with Crippen LogP contribution in [0.5, 0.6) is 0 Å². The first kappa shape index (κ1) is 4.61. The van der Waals surface area contributed by atoms with Crippen LogP contribution in [0.25, 0.3) is 0 Å². The molecule has 0 saturated carbocycles. The monoisotopic (exact) mass is 84.0 g/mol. The van der Waals surface area contributed by atoms with Crippen LogP contribution in [0.15, 0.2) is 18.4 Å². The van der Waals surface area contributed by atoms with Gasteiger partial charge in [0.1, 0.15) is 0 Å². The van der Waals surface area contributed by atoms with E-state index in [0.717, 1.165) is 0 Å². The van der Waals surface area contributed by atoms with Gasteiger partial charge in [0.2, 0.25) is 0 Å². The van der Waals surface area contributed by atoms with Crippen molar-refractivity contribution >= 4 is 17.6 Å². The summed E-state index contributed by atoms with van der Waals surface area (Å²) in [5.74, 6) is 0. The maximum absolute atomic E-state index is 4.37. The van der Waals surface area contributed by atoms with E-state index in [1.165, 1.54) is 5.37 Å². The molecule has 0 aliphatic rings. The van der Waals surface area contributed by atoms with Crippen molar-refractivity contribution in [1.29, 1.82) is 0 Å². The molecule has 0 fully saturated rings. The molecular formula is C4H4S. The Morgan fingerprint density at radius 3 is 2.40 bits per heavy atom. The van der Waals surface area contributed by atoms with Gasteiger partial charge in [-0.3, -0.25) is 0 Å². The van der Waals surface area contributed by atoms with E-state index in [9.17, 15) is 0 Å². The average Bonchev–Trinajstić information content (AvgIpc) is 1.41. The average molecular weight is 84.1 g/mol. The van der Waals surface area contributed by atoms with Gasteiger partial charge < -0.3 is 0 Å². The van der Waals surface area contributed by atoms with Crippen LogP contribution in [0.1, 0.15) is 0 Å². The van der Waals surface area contributed by atoms with E-state index in [4.69, 9.17) is 0 Å². The number of thiocarbonyl (C=S) groups is 1. The highest BCUT2D eigenvalue weighted by molar-refractivity contribution is 7.79. The minimum absolute atomic E-state index is 1.47. The Kier molecular flexibility index (Phi) is 3.33. The van der Waals surface area contributed by atoms with E-state index in [1.54, 1.807) is 6.08 Å². The Hall–Kier alpha value is -0.390. The molecule has 0 nitrogen and oxygen atoms in total. The lowest BCUT2D eigenvalue weighted by atomic mass is 10.7. The molecule has 5 heavy (non-hydrogen) atoms. The number of hydrogen-bond donors (Lipinski definition) is 0. The Morgan fingerprint density at radius 1 is 1.80 bits per heavy atom. The van der Waals surface area contributed by atoms with Gasteiger partial charge in [0.25, 0.3) is 0 Å². The van der Waals surface area contributed by atoms with Gasteiger partial charge in [0.05, 0.1) is 0 Å². The van der Waals surface area contributed by atoms with Crippen LogP contribution in [0.3, 0.4) is 0 Å². The van der Waals surface area contributed by atoms with E-state index in [0.29, 0.717) is 0 Å². The highest BCUT2D eigenvalue weighted by Crippen LogP contribution is 1.50. The lowest BCUT2D eigenvalue weighted by molar-refractivity contribution is 2.39. The van der Waals surface area contributed by atoms with Crippen LogP contribution in [0, 0.1) is 0 Å². The van der Waals surface area contributed by atoms with E-state index in [1.807, 2.05) is 0 Å². The summed E-state index contributed by atoms with van der Waals surface area (Å²) < 4.78 is 0. The number of rotatable bonds is 1. The molecular weight excluding hydrogens is 80.1 g/mol. The fraction of sp³-hybridized carbons (Fsp3) is 0. The number of hydrogen-bond acceptors (Lipinski definition) is 1. The van der Waals surface area contributed by atoms with Gasteiger partial charge in [-0.15, -0.1) is 5.73 Å². The zero-order valence-corrected chi connectivity index (χ0v) is 3.59. The Labute approximate surface area is 36.8 Å². The maximum atomic E-state index is 4.37. The van der Waals surface area contributed by atoms with Gasteiger partial charge in [-0.1, -0.05) is 18.8 Å². The molecule has 0 aromatic carbocycles. The predicted octanol–water partition coefficient (Wildman–Crippen LogP) is 1.33. The van der Waals surface area contributed by atoms with Crippen molar-refractivity contribution in [2.24, 2.45) is 0 Å². The molecule has 0 aliphatic carbocycles. The molecule has 0 saturated heterocycles. The third-order valence-corrected chi connectivity index (χ3v) is 0.322. The van der Waals surface area contributed by atoms with Crippen molar-refractivity contribution < 1.29 is 0 Å². The van der Waals surface area contributed by atoms with Crippen LogP contribution in [0.2, 0.25) is 0 Å². The molecule has 0 rings (SSSR count). The third kappa shape index (κ3) is 3.61. The molecule has 0 amide bonds. The van der Waals surface area contributed by atoms with Crippen molar-refractivity contribution in [2.45, 2.75) is 0 Å². The topological polar surface area (TPSA) is 0 Å². The minimum Gasteiger partial charge on any atom is -0.128 e. The third-order valence-electron chi connectivity index (χ3n) is 0.186. The molecule has 0 heterocycles. The molecule has 26 valence electrons. The smallest absolute Gasteiger partial charge is 0.00905 e. The Morgan fingerprint density at radius 2 is 2.40 bits per heavy atom. The van der Waals surface area contributed by atoms with Gasteiger partial charge in [-0.25, -0.2) is 0 Å². The second-order valence-electron chi connectivity index (χ2n) is 0.507. The first-order valence-corrected chi connectivity index (χ1v) is 1.68. The van der Waals surface area contributed by atoms with Crippen LogP contribution in [-0.4, -0.2) is 5.37 Å².